The minimum absolute atomic E-state index is 0.0580. The summed E-state index contributed by atoms with van der Waals surface area (Å²) in [5.41, 5.74) is 3.62. The van der Waals surface area contributed by atoms with E-state index in [1.807, 2.05) is 42.5 Å². The first-order valence-corrected chi connectivity index (χ1v) is 15.6. The van der Waals surface area contributed by atoms with Gasteiger partial charge in [-0.2, -0.15) is 0 Å². The van der Waals surface area contributed by atoms with Gasteiger partial charge in [0.2, 0.25) is 0 Å². The maximum atomic E-state index is 13.3. The molecule has 0 aliphatic rings. The van der Waals surface area contributed by atoms with Crippen LogP contribution >= 0.6 is 7.06 Å². The average Bonchev–Trinajstić information content (AvgIpc) is 2.76. The summed E-state index contributed by atoms with van der Waals surface area (Å²) < 4.78 is 0. The molecule has 0 unspecified atom stereocenters. The Morgan fingerprint density at radius 3 is 1.11 bits per heavy atom. The van der Waals surface area contributed by atoms with Gasteiger partial charge in [-0.15, -0.1) is 0 Å². The van der Waals surface area contributed by atoms with E-state index in [-0.39, 0.29) is 21.7 Å². The van der Waals surface area contributed by atoms with Gasteiger partial charge in [-0.3, -0.25) is 0 Å². The first-order chi connectivity index (χ1) is 16.6. The molecule has 0 amide bonds. The Balaban J connectivity index is 2.59. The fourth-order valence-electron chi connectivity index (χ4n) is 5.06. The summed E-state index contributed by atoms with van der Waals surface area (Å²) in [6.07, 6.45) is 0. The molecular formula is C34H49O2P. The second-order valence-corrected chi connectivity index (χ2v) is 18.4. The standard InChI is InChI=1S/C34H49O2P/c1-31(2,3)24-18-20-29(27(22-24)33(7,8)9)37(35,36,26-16-14-13-15-17-26)30-21-19-25(32(4,5)6)23-28(30)34(10,11)12/h13-23,35-36H,1-12H3. The average molecular weight is 521 g/mol. The normalized spacial score (nSPS) is 14.8. The molecule has 0 saturated heterocycles. The van der Waals surface area contributed by atoms with Gasteiger partial charge in [0.1, 0.15) is 0 Å². The number of rotatable bonds is 3. The van der Waals surface area contributed by atoms with E-state index in [0.29, 0.717) is 15.9 Å². The van der Waals surface area contributed by atoms with E-state index in [4.69, 9.17) is 0 Å². The van der Waals surface area contributed by atoms with E-state index >= 15 is 0 Å². The monoisotopic (exact) mass is 520 g/mol. The van der Waals surface area contributed by atoms with Crippen LogP contribution in [-0.2, 0) is 21.7 Å². The SMILES string of the molecule is CC(C)(C)c1ccc(P(O)(O)(c2ccccc2)c2ccc(C(C)(C)C)cc2C(C)(C)C)c(C(C)(C)C)c1. The summed E-state index contributed by atoms with van der Waals surface area (Å²) in [5, 5.41) is 1.83. The molecule has 0 atom stereocenters. The summed E-state index contributed by atoms with van der Waals surface area (Å²) in [7, 11) is -4.87. The topological polar surface area (TPSA) is 40.5 Å². The fourth-order valence-corrected chi connectivity index (χ4v) is 9.04. The second kappa shape index (κ2) is 9.04. The van der Waals surface area contributed by atoms with Crippen LogP contribution in [0.1, 0.15) is 105 Å². The third-order valence-corrected chi connectivity index (χ3v) is 11.4. The number of hydrogen-bond donors (Lipinski definition) is 2. The van der Waals surface area contributed by atoms with Crippen molar-refractivity contribution in [2.75, 3.05) is 0 Å². The molecule has 0 aromatic heterocycles. The van der Waals surface area contributed by atoms with E-state index in [9.17, 15) is 9.79 Å². The molecule has 3 rings (SSSR count). The Labute approximate surface area is 226 Å². The predicted molar refractivity (Wildman–Crippen MR) is 164 cm³/mol. The van der Waals surface area contributed by atoms with Gasteiger partial charge in [-0.25, -0.2) is 0 Å². The molecule has 2 nitrogen and oxygen atoms in total. The maximum absolute atomic E-state index is 13.3. The number of benzene rings is 3. The van der Waals surface area contributed by atoms with Gasteiger partial charge in [0.15, 0.2) is 0 Å². The summed E-state index contributed by atoms with van der Waals surface area (Å²) in [4.78, 5) is 26.5. The Bertz CT molecular complexity index is 1200. The van der Waals surface area contributed by atoms with Crippen LogP contribution in [0.15, 0.2) is 66.7 Å². The second-order valence-electron chi connectivity index (χ2n) is 14.8. The van der Waals surface area contributed by atoms with Crippen molar-refractivity contribution in [2.45, 2.75) is 105 Å². The van der Waals surface area contributed by atoms with Gasteiger partial charge in [-0.1, -0.05) is 0 Å². The van der Waals surface area contributed by atoms with Gasteiger partial charge < -0.3 is 0 Å². The summed E-state index contributed by atoms with van der Waals surface area (Å²) in [5.74, 6) is 0. The molecule has 3 heteroatoms. The van der Waals surface area contributed by atoms with Crippen molar-refractivity contribution in [1.29, 1.82) is 0 Å². The van der Waals surface area contributed by atoms with Crippen molar-refractivity contribution in [3.63, 3.8) is 0 Å². The molecule has 0 aliphatic carbocycles. The van der Waals surface area contributed by atoms with Crippen LogP contribution in [0.5, 0.6) is 0 Å². The van der Waals surface area contributed by atoms with Crippen molar-refractivity contribution in [2.24, 2.45) is 0 Å². The van der Waals surface area contributed by atoms with E-state index < -0.39 is 7.06 Å². The predicted octanol–water partition coefficient (Wildman–Crippen LogP) is 7.52. The molecule has 0 radical (unpaired) electrons. The minimum atomic E-state index is -4.87. The van der Waals surface area contributed by atoms with Crippen LogP contribution in [0.25, 0.3) is 0 Å². The van der Waals surface area contributed by atoms with Gasteiger partial charge in [0.25, 0.3) is 0 Å². The molecule has 0 heterocycles. The van der Waals surface area contributed by atoms with Gasteiger partial charge in [0.05, 0.1) is 0 Å². The molecule has 202 valence electrons. The fraction of sp³-hybridized carbons (Fsp3) is 0.471. The van der Waals surface area contributed by atoms with Crippen molar-refractivity contribution in [3.05, 3.63) is 89.0 Å². The van der Waals surface area contributed by atoms with E-state index in [1.54, 1.807) is 0 Å². The Hall–Kier alpha value is -1.99. The Morgan fingerprint density at radius 2 is 0.811 bits per heavy atom. The molecule has 0 saturated carbocycles. The van der Waals surface area contributed by atoms with Crippen molar-refractivity contribution < 1.29 is 9.79 Å². The van der Waals surface area contributed by atoms with E-state index in [2.05, 4.69) is 107 Å². The van der Waals surface area contributed by atoms with Crippen molar-refractivity contribution >= 4 is 23.0 Å². The first-order valence-electron chi connectivity index (χ1n) is 13.5. The Kier molecular flexibility index (Phi) is 7.23. The van der Waals surface area contributed by atoms with Crippen LogP contribution in [0.4, 0.5) is 0 Å². The zero-order valence-electron chi connectivity index (χ0n) is 25.2. The Morgan fingerprint density at radius 1 is 0.459 bits per heavy atom. The third-order valence-electron chi connectivity index (χ3n) is 7.50. The molecule has 0 fully saturated rings. The summed E-state index contributed by atoms with van der Waals surface area (Å²) >= 11 is 0. The third kappa shape index (κ3) is 5.44. The van der Waals surface area contributed by atoms with Gasteiger partial charge in [-0.05, 0) is 0 Å². The van der Waals surface area contributed by atoms with Crippen LogP contribution in [0.3, 0.4) is 0 Å². The van der Waals surface area contributed by atoms with Crippen LogP contribution in [-0.4, -0.2) is 9.79 Å². The molecule has 3 aromatic rings. The number of hydrogen-bond acceptors (Lipinski definition) is 2. The zero-order chi connectivity index (χ0) is 28.3. The molecule has 3 aromatic carbocycles. The molecule has 0 aliphatic heterocycles. The van der Waals surface area contributed by atoms with Crippen LogP contribution in [0, 0.1) is 0 Å². The van der Waals surface area contributed by atoms with E-state index in [1.165, 1.54) is 11.1 Å². The van der Waals surface area contributed by atoms with E-state index in [0.717, 1.165) is 11.1 Å². The quantitative estimate of drug-likeness (QED) is 0.351. The first kappa shape index (κ1) is 29.6. The van der Waals surface area contributed by atoms with Crippen LogP contribution in [0.2, 0.25) is 0 Å². The molecule has 0 spiro atoms. The van der Waals surface area contributed by atoms with Crippen molar-refractivity contribution in [1.82, 2.24) is 0 Å². The summed E-state index contributed by atoms with van der Waals surface area (Å²) in [6.45, 7) is 26.2. The van der Waals surface area contributed by atoms with Crippen molar-refractivity contribution in [3.8, 4) is 0 Å². The van der Waals surface area contributed by atoms with Crippen LogP contribution < -0.4 is 15.9 Å². The molecular weight excluding hydrogens is 471 g/mol. The summed E-state index contributed by atoms with van der Waals surface area (Å²) in [6, 6.07) is 22.1. The molecule has 2 N–H and O–H groups in total. The van der Waals surface area contributed by atoms with Gasteiger partial charge in [0, 0.05) is 0 Å². The van der Waals surface area contributed by atoms with Gasteiger partial charge >= 0.3 is 226 Å². The zero-order valence-corrected chi connectivity index (χ0v) is 26.1. The molecule has 0 bridgehead atoms. The molecule has 37 heavy (non-hydrogen) atoms.